The monoisotopic (exact) mass is 345 g/mol. The zero-order valence-electron chi connectivity index (χ0n) is 15.0. The van der Waals surface area contributed by atoms with Crippen LogP contribution in [-0.4, -0.2) is 41.4 Å². The zero-order valence-corrected chi connectivity index (χ0v) is 15.0. The van der Waals surface area contributed by atoms with E-state index in [1.807, 2.05) is 30.3 Å². The molecule has 0 bridgehead atoms. The van der Waals surface area contributed by atoms with Gasteiger partial charge in [0.1, 0.15) is 5.57 Å². The summed E-state index contributed by atoms with van der Waals surface area (Å²) in [6, 6.07) is 9.42. The van der Waals surface area contributed by atoms with Crippen molar-refractivity contribution in [2.24, 2.45) is 0 Å². The van der Waals surface area contributed by atoms with Crippen molar-refractivity contribution in [1.29, 1.82) is 0 Å². The van der Waals surface area contributed by atoms with Crippen LogP contribution < -0.4 is 0 Å². The third-order valence-corrected chi connectivity index (χ3v) is 4.31. The van der Waals surface area contributed by atoms with Crippen LogP contribution in [0.1, 0.15) is 33.3 Å². The van der Waals surface area contributed by atoms with Crippen LogP contribution in [0.2, 0.25) is 0 Å². The number of ketones is 1. The number of hydrogen-bond donors (Lipinski definition) is 0. The van der Waals surface area contributed by atoms with Crippen molar-refractivity contribution in [2.45, 2.75) is 39.8 Å². The summed E-state index contributed by atoms with van der Waals surface area (Å²) < 4.78 is 10.1. The van der Waals surface area contributed by atoms with Gasteiger partial charge in [-0.2, -0.15) is 0 Å². The average molecular weight is 345 g/mol. The molecular formula is C19H23NO5. The molecule has 0 aromatic heterocycles. The van der Waals surface area contributed by atoms with Crippen LogP contribution in [-0.2, 0) is 30.4 Å². The number of benzene rings is 1. The molecule has 0 spiro atoms. The highest BCUT2D eigenvalue weighted by Gasteiger charge is 2.56. The summed E-state index contributed by atoms with van der Waals surface area (Å²) in [6.45, 7) is 7.08. The van der Waals surface area contributed by atoms with E-state index in [1.54, 1.807) is 25.7 Å². The molecule has 1 aromatic rings. The number of esters is 2. The minimum Gasteiger partial charge on any atom is -0.464 e. The molecule has 0 fully saturated rings. The quantitative estimate of drug-likeness (QED) is 0.447. The van der Waals surface area contributed by atoms with E-state index in [0.29, 0.717) is 12.2 Å². The highest BCUT2D eigenvalue weighted by molar-refractivity contribution is 6.29. The first-order valence-electron chi connectivity index (χ1n) is 8.29. The van der Waals surface area contributed by atoms with Gasteiger partial charge in [0.05, 0.1) is 13.2 Å². The maximum absolute atomic E-state index is 13.0. The first kappa shape index (κ1) is 18.7. The van der Waals surface area contributed by atoms with E-state index in [2.05, 4.69) is 0 Å². The largest absolute Gasteiger partial charge is 0.464 e. The molecule has 0 aliphatic carbocycles. The van der Waals surface area contributed by atoms with Gasteiger partial charge < -0.3 is 14.4 Å². The molecule has 1 aliphatic rings. The predicted octanol–water partition coefficient (Wildman–Crippen LogP) is 2.23. The Balaban J connectivity index is 2.49. The lowest BCUT2D eigenvalue weighted by Gasteiger charge is -2.34. The van der Waals surface area contributed by atoms with Crippen molar-refractivity contribution >= 4 is 17.7 Å². The highest BCUT2D eigenvalue weighted by Crippen LogP contribution is 2.37. The second-order valence-electron chi connectivity index (χ2n) is 5.87. The smallest absolute Gasteiger partial charge is 0.343 e. The molecule has 25 heavy (non-hydrogen) atoms. The number of rotatable bonds is 6. The second kappa shape index (κ2) is 7.51. The fourth-order valence-corrected chi connectivity index (χ4v) is 2.96. The van der Waals surface area contributed by atoms with Gasteiger partial charge >= 0.3 is 11.9 Å². The topological polar surface area (TPSA) is 72.9 Å². The van der Waals surface area contributed by atoms with Crippen molar-refractivity contribution in [1.82, 2.24) is 4.90 Å². The second-order valence-corrected chi connectivity index (χ2v) is 5.87. The Labute approximate surface area is 147 Å². The van der Waals surface area contributed by atoms with Crippen LogP contribution in [0.25, 0.3) is 0 Å². The van der Waals surface area contributed by atoms with Crippen LogP contribution in [0.5, 0.6) is 0 Å². The molecule has 0 saturated carbocycles. The van der Waals surface area contributed by atoms with Gasteiger partial charge in [-0.1, -0.05) is 30.3 Å². The normalized spacial score (nSPS) is 20.0. The van der Waals surface area contributed by atoms with E-state index < -0.39 is 23.3 Å². The van der Waals surface area contributed by atoms with Crippen molar-refractivity contribution < 1.29 is 23.9 Å². The van der Waals surface area contributed by atoms with Gasteiger partial charge in [0.2, 0.25) is 5.78 Å². The molecule has 6 heteroatoms. The molecule has 1 aliphatic heterocycles. The maximum Gasteiger partial charge on any atom is 0.343 e. The van der Waals surface area contributed by atoms with Crippen LogP contribution in [0.3, 0.4) is 0 Å². The third kappa shape index (κ3) is 3.29. The number of carbonyl (C=O) groups is 3. The number of allylic oxidation sites excluding steroid dienone is 1. The summed E-state index contributed by atoms with van der Waals surface area (Å²) in [5, 5.41) is 0. The molecule has 134 valence electrons. The Morgan fingerprint density at radius 2 is 1.68 bits per heavy atom. The lowest BCUT2D eigenvalue weighted by molar-refractivity contribution is -0.158. The van der Waals surface area contributed by atoms with Crippen molar-refractivity contribution in [3.63, 3.8) is 0 Å². The number of Topliss-reactive ketones (excluding diaryl/α,β-unsaturated/α-hetero) is 1. The number of ether oxygens (including phenoxy) is 2. The van der Waals surface area contributed by atoms with Crippen LogP contribution in [0.4, 0.5) is 0 Å². The molecular weight excluding hydrogens is 322 g/mol. The molecule has 1 aromatic carbocycles. The fourth-order valence-electron chi connectivity index (χ4n) is 2.96. The van der Waals surface area contributed by atoms with E-state index >= 15 is 0 Å². The molecule has 1 atom stereocenters. The van der Waals surface area contributed by atoms with E-state index in [4.69, 9.17) is 9.47 Å². The van der Waals surface area contributed by atoms with Crippen molar-refractivity contribution in [3.8, 4) is 0 Å². The van der Waals surface area contributed by atoms with E-state index in [0.717, 1.165) is 5.56 Å². The molecule has 1 unspecified atom stereocenters. The summed E-state index contributed by atoms with van der Waals surface area (Å²) in [5.41, 5.74) is -0.343. The average Bonchev–Trinajstić information content (AvgIpc) is 2.78. The fraction of sp³-hybridized carbons (Fsp3) is 0.421. The van der Waals surface area contributed by atoms with Gasteiger partial charge in [-0.05, 0) is 33.3 Å². The molecule has 0 N–H and O–H groups in total. The van der Waals surface area contributed by atoms with Gasteiger partial charge in [0.25, 0.3) is 0 Å². The van der Waals surface area contributed by atoms with Gasteiger partial charge in [0.15, 0.2) is 5.54 Å². The van der Waals surface area contributed by atoms with Gasteiger partial charge in [0, 0.05) is 12.2 Å². The standard InChI is InChI=1S/C19H23NO5/c1-5-24-17(22)15-13(3)20(12-14-10-8-7-9-11-14)19(4,16(15)21)18(23)25-6-2/h7-11H,5-6,12H2,1-4H3. The van der Waals surface area contributed by atoms with Crippen molar-refractivity contribution in [2.75, 3.05) is 13.2 Å². The molecule has 0 radical (unpaired) electrons. The first-order valence-corrected chi connectivity index (χ1v) is 8.29. The Morgan fingerprint density at radius 3 is 2.24 bits per heavy atom. The van der Waals surface area contributed by atoms with Gasteiger partial charge in [-0.15, -0.1) is 0 Å². The summed E-state index contributed by atoms with van der Waals surface area (Å²) in [5.74, 6) is -1.97. The first-order chi connectivity index (χ1) is 11.9. The molecule has 1 heterocycles. The van der Waals surface area contributed by atoms with E-state index in [1.165, 1.54) is 6.92 Å². The Bertz CT molecular complexity index is 710. The summed E-state index contributed by atoms with van der Waals surface area (Å²) in [4.78, 5) is 39.4. The Hall–Kier alpha value is -2.63. The number of carbonyl (C=O) groups excluding carboxylic acids is 3. The molecule has 0 amide bonds. The minimum atomic E-state index is -1.59. The van der Waals surface area contributed by atoms with Gasteiger partial charge in [-0.3, -0.25) is 4.79 Å². The summed E-state index contributed by atoms with van der Waals surface area (Å²) >= 11 is 0. The highest BCUT2D eigenvalue weighted by atomic mass is 16.5. The van der Waals surface area contributed by atoms with Crippen LogP contribution >= 0.6 is 0 Å². The summed E-state index contributed by atoms with van der Waals surface area (Å²) in [6.07, 6.45) is 0. The zero-order chi connectivity index (χ0) is 18.6. The predicted molar refractivity (Wildman–Crippen MR) is 91.4 cm³/mol. The van der Waals surface area contributed by atoms with Crippen molar-refractivity contribution in [3.05, 3.63) is 47.2 Å². The van der Waals surface area contributed by atoms with E-state index in [-0.39, 0.29) is 18.8 Å². The number of nitrogens with zero attached hydrogens (tertiary/aromatic N) is 1. The lowest BCUT2D eigenvalue weighted by Crippen LogP contribution is -2.54. The third-order valence-electron chi connectivity index (χ3n) is 4.31. The maximum atomic E-state index is 13.0. The summed E-state index contributed by atoms with van der Waals surface area (Å²) in [7, 11) is 0. The SMILES string of the molecule is CCOC(=O)C1=C(C)N(Cc2ccccc2)C(C)(C(=O)OCC)C1=O. The Morgan fingerprint density at radius 1 is 1.08 bits per heavy atom. The Kier molecular flexibility index (Phi) is 5.62. The van der Waals surface area contributed by atoms with Gasteiger partial charge in [-0.25, -0.2) is 9.59 Å². The lowest BCUT2D eigenvalue weighted by atomic mass is 9.93. The number of hydrogen-bond acceptors (Lipinski definition) is 6. The van der Waals surface area contributed by atoms with E-state index in [9.17, 15) is 14.4 Å². The van der Waals surface area contributed by atoms with Crippen LogP contribution in [0.15, 0.2) is 41.6 Å². The molecule has 0 saturated heterocycles. The van der Waals surface area contributed by atoms with Crippen LogP contribution in [0, 0.1) is 0 Å². The molecule has 6 nitrogen and oxygen atoms in total. The molecule has 2 rings (SSSR count). The minimum absolute atomic E-state index is 0.0895.